The second-order valence-electron chi connectivity index (χ2n) is 8.73. The second-order valence-corrected chi connectivity index (χ2v) is 9.59. The number of benzene rings is 2. The molecule has 0 saturated carbocycles. The van der Waals surface area contributed by atoms with Crippen LogP contribution in [0.3, 0.4) is 0 Å². The molecule has 0 aliphatic carbocycles. The lowest BCUT2D eigenvalue weighted by Crippen LogP contribution is -2.13. The third-order valence-corrected chi connectivity index (χ3v) is 6.21. The van der Waals surface area contributed by atoms with Crippen molar-refractivity contribution in [2.45, 2.75) is 33.3 Å². The quantitative estimate of drug-likeness (QED) is 0.152. The first-order chi connectivity index (χ1) is 18.1. The van der Waals surface area contributed by atoms with Crippen LogP contribution in [0.25, 0.3) is 17.3 Å². The Labute approximate surface area is 221 Å². The van der Waals surface area contributed by atoms with Crippen molar-refractivity contribution in [1.29, 1.82) is 0 Å². The summed E-state index contributed by atoms with van der Waals surface area (Å²) in [7, 11) is 1.05. The molecule has 1 aromatic heterocycles. The number of aromatic nitrogens is 1. The fourth-order valence-electron chi connectivity index (χ4n) is 3.48. The number of carboxylic acids is 1. The summed E-state index contributed by atoms with van der Waals surface area (Å²) in [5.74, 6) is -5.27. The lowest BCUT2D eigenvalue weighted by Gasteiger charge is -2.09. The monoisotopic (exact) mass is 548 g/mol. The fraction of sp³-hybridized carbons (Fsp3) is 0.296. The maximum absolute atomic E-state index is 15.1. The van der Waals surface area contributed by atoms with Gasteiger partial charge in [-0.1, -0.05) is 26.0 Å². The van der Waals surface area contributed by atoms with E-state index in [4.69, 9.17) is 9.84 Å². The van der Waals surface area contributed by atoms with Crippen LogP contribution in [0.15, 0.2) is 41.5 Å². The third kappa shape index (κ3) is 7.42. The molecule has 7 nitrogen and oxygen atoms in total. The first kappa shape index (κ1) is 28.9. The van der Waals surface area contributed by atoms with Gasteiger partial charge in [-0.3, -0.25) is 10.1 Å². The van der Waals surface area contributed by atoms with Crippen molar-refractivity contribution in [2.24, 2.45) is 5.92 Å². The van der Waals surface area contributed by atoms with Gasteiger partial charge >= 0.3 is 5.97 Å². The standard InChI is InChI=1S/C27H27F3N2O5S/c1-15(2)6-5-9-37-13-16-7-4-8-18(24(16)30)22-14-38-27(31-22)32-25(33)17-10-20(28)19(21(29)11-17)12-23(36-3)26(34)35/h4,7-8,10-12,14-15H,5-6,9,13H2,1-3H3,(H,34,35)(H,31,32,33)/b23-12+. The number of hydrogen-bond acceptors (Lipinski definition) is 6. The molecule has 202 valence electrons. The minimum Gasteiger partial charge on any atom is -0.490 e. The summed E-state index contributed by atoms with van der Waals surface area (Å²) in [6, 6.07) is 6.39. The van der Waals surface area contributed by atoms with Crippen LogP contribution in [-0.4, -0.2) is 35.7 Å². The van der Waals surface area contributed by atoms with Gasteiger partial charge in [0.2, 0.25) is 5.76 Å². The van der Waals surface area contributed by atoms with E-state index in [-0.39, 0.29) is 28.6 Å². The number of anilines is 1. The Morgan fingerprint density at radius 2 is 1.89 bits per heavy atom. The van der Waals surface area contributed by atoms with Crippen LogP contribution in [0.5, 0.6) is 0 Å². The highest BCUT2D eigenvalue weighted by Gasteiger charge is 2.19. The molecule has 1 amide bonds. The number of carboxylic acid groups (broad SMARTS) is 1. The molecule has 0 saturated heterocycles. The third-order valence-electron chi connectivity index (χ3n) is 5.45. The van der Waals surface area contributed by atoms with Gasteiger partial charge in [0, 0.05) is 40.3 Å². The van der Waals surface area contributed by atoms with Crippen LogP contribution in [0, 0.1) is 23.4 Å². The largest absolute Gasteiger partial charge is 0.490 e. The van der Waals surface area contributed by atoms with Crippen molar-refractivity contribution >= 4 is 34.4 Å². The molecule has 3 aromatic rings. The number of carbonyl (C=O) groups is 2. The van der Waals surface area contributed by atoms with Gasteiger partial charge in [-0.05, 0) is 37.0 Å². The van der Waals surface area contributed by atoms with Gasteiger partial charge < -0.3 is 14.6 Å². The predicted octanol–water partition coefficient (Wildman–Crippen LogP) is 6.50. The highest BCUT2D eigenvalue weighted by Crippen LogP contribution is 2.29. The minimum atomic E-state index is -1.51. The van der Waals surface area contributed by atoms with Gasteiger partial charge in [-0.2, -0.15) is 0 Å². The van der Waals surface area contributed by atoms with Crippen molar-refractivity contribution in [3.8, 4) is 11.3 Å². The number of aliphatic carboxylic acids is 1. The van der Waals surface area contributed by atoms with Crippen molar-refractivity contribution in [1.82, 2.24) is 4.98 Å². The number of carbonyl (C=O) groups excluding carboxylic acids is 1. The molecular formula is C27H27F3N2O5S. The van der Waals surface area contributed by atoms with Gasteiger partial charge in [0.25, 0.3) is 5.91 Å². The molecule has 0 fully saturated rings. The fourth-order valence-corrected chi connectivity index (χ4v) is 4.19. The van der Waals surface area contributed by atoms with Gasteiger partial charge in [0.15, 0.2) is 5.13 Å². The lowest BCUT2D eigenvalue weighted by molar-refractivity contribution is -0.135. The number of hydrogen-bond donors (Lipinski definition) is 2. The SMILES string of the molecule is CO/C(=C/c1c(F)cc(C(=O)Nc2nc(-c3cccc(COCCCC(C)C)c3F)cs2)cc1F)C(=O)O. The Morgan fingerprint density at radius 3 is 2.53 bits per heavy atom. The molecule has 1 heterocycles. The minimum absolute atomic E-state index is 0.0945. The Morgan fingerprint density at radius 1 is 1.18 bits per heavy atom. The van der Waals surface area contributed by atoms with Crippen LogP contribution in [-0.2, 0) is 20.9 Å². The summed E-state index contributed by atoms with van der Waals surface area (Å²) in [6.45, 7) is 4.90. The molecule has 0 unspecified atom stereocenters. The zero-order valence-corrected chi connectivity index (χ0v) is 21.8. The summed E-state index contributed by atoms with van der Waals surface area (Å²) >= 11 is 1.02. The number of amides is 1. The molecule has 0 aliphatic rings. The van der Waals surface area contributed by atoms with E-state index in [0.29, 0.717) is 24.2 Å². The van der Waals surface area contributed by atoms with Crippen molar-refractivity contribution in [3.63, 3.8) is 0 Å². The van der Waals surface area contributed by atoms with Crippen LogP contribution in [0.2, 0.25) is 0 Å². The molecule has 0 spiro atoms. The number of nitrogens with zero attached hydrogens (tertiary/aromatic N) is 1. The van der Waals surface area contributed by atoms with Gasteiger partial charge in [0.05, 0.1) is 19.4 Å². The number of methoxy groups -OCH3 is 1. The molecule has 0 aliphatic heterocycles. The maximum atomic E-state index is 15.1. The predicted molar refractivity (Wildman–Crippen MR) is 138 cm³/mol. The topological polar surface area (TPSA) is 97.8 Å². The number of nitrogens with one attached hydrogen (secondary N) is 1. The van der Waals surface area contributed by atoms with Crippen LogP contribution < -0.4 is 5.32 Å². The Balaban J connectivity index is 1.72. The molecule has 0 atom stereocenters. The van der Waals surface area contributed by atoms with E-state index in [0.717, 1.165) is 43.4 Å². The molecule has 3 rings (SSSR count). The Bertz CT molecular complexity index is 1320. The Kier molecular flexibility index (Phi) is 10.0. The average molecular weight is 549 g/mol. The summed E-state index contributed by atoms with van der Waals surface area (Å²) < 4.78 is 54.2. The van der Waals surface area contributed by atoms with Crippen LogP contribution >= 0.6 is 11.3 Å². The van der Waals surface area contributed by atoms with E-state index in [1.54, 1.807) is 23.6 Å². The second kappa shape index (κ2) is 13.2. The Hall–Kier alpha value is -3.70. The van der Waals surface area contributed by atoms with E-state index in [2.05, 4.69) is 28.9 Å². The number of thiazole rings is 1. The highest BCUT2D eigenvalue weighted by atomic mass is 32.1. The molecule has 38 heavy (non-hydrogen) atoms. The molecular weight excluding hydrogens is 521 g/mol. The van der Waals surface area contributed by atoms with Gasteiger partial charge in [-0.15, -0.1) is 11.3 Å². The zero-order valence-electron chi connectivity index (χ0n) is 21.0. The summed E-state index contributed by atoms with van der Waals surface area (Å²) in [5, 5.41) is 13.1. The van der Waals surface area contributed by atoms with Crippen LogP contribution in [0.1, 0.15) is 48.2 Å². The lowest BCUT2D eigenvalue weighted by atomic mass is 10.1. The summed E-state index contributed by atoms with van der Waals surface area (Å²) in [4.78, 5) is 27.9. The van der Waals surface area contributed by atoms with E-state index in [9.17, 15) is 18.4 Å². The molecule has 0 radical (unpaired) electrons. The van der Waals surface area contributed by atoms with Crippen molar-refractivity contribution in [2.75, 3.05) is 19.0 Å². The average Bonchev–Trinajstić information content (AvgIpc) is 3.32. The maximum Gasteiger partial charge on any atom is 0.371 e. The van der Waals surface area contributed by atoms with Crippen molar-refractivity contribution < 1.29 is 37.3 Å². The number of ether oxygens (including phenoxy) is 2. The number of rotatable bonds is 12. The first-order valence-corrected chi connectivity index (χ1v) is 12.6. The molecule has 11 heteroatoms. The first-order valence-electron chi connectivity index (χ1n) is 11.7. The normalized spacial score (nSPS) is 11.6. The summed E-state index contributed by atoms with van der Waals surface area (Å²) in [5.41, 5.74) is -0.137. The van der Waals surface area contributed by atoms with E-state index in [1.807, 2.05) is 0 Å². The number of halogens is 3. The van der Waals surface area contributed by atoms with Crippen molar-refractivity contribution in [3.05, 3.63) is 75.6 Å². The molecule has 2 aromatic carbocycles. The summed E-state index contributed by atoms with van der Waals surface area (Å²) in [6.07, 6.45) is 2.59. The van der Waals surface area contributed by atoms with E-state index in [1.165, 1.54) is 0 Å². The van der Waals surface area contributed by atoms with Gasteiger partial charge in [-0.25, -0.2) is 22.9 Å². The van der Waals surface area contributed by atoms with Crippen LogP contribution in [0.4, 0.5) is 18.3 Å². The van der Waals surface area contributed by atoms with E-state index < -0.39 is 40.7 Å². The molecule has 2 N–H and O–H groups in total. The molecule has 0 bridgehead atoms. The van der Waals surface area contributed by atoms with Gasteiger partial charge in [0.1, 0.15) is 17.5 Å². The smallest absolute Gasteiger partial charge is 0.371 e. The van der Waals surface area contributed by atoms with E-state index >= 15 is 4.39 Å². The highest BCUT2D eigenvalue weighted by molar-refractivity contribution is 7.14. The zero-order chi connectivity index (χ0) is 27.8.